The molecule has 10 nitrogen and oxygen atoms in total. The Kier molecular flexibility index (Phi) is 7.27. The quantitative estimate of drug-likeness (QED) is 0.357. The molecule has 2 aliphatic carbocycles. The molecule has 216 valence electrons. The van der Waals surface area contributed by atoms with Crippen molar-refractivity contribution in [3.63, 3.8) is 0 Å². The van der Waals surface area contributed by atoms with Gasteiger partial charge in [-0.1, -0.05) is 45.2 Å². The second-order valence-corrected chi connectivity index (χ2v) is 13.2. The summed E-state index contributed by atoms with van der Waals surface area (Å²) in [5, 5.41) is 17.7. The van der Waals surface area contributed by atoms with Crippen LogP contribution in [0.4, 0.5) is 0 Å². The fourth-order valence-corrected chi connectivity index (χ4v) is 5.53. The standard InChI is InChI=1S/C30H42N6O4/c1-18-20(24(37)31-17-28(2,3)25-34-27(38)40-35-25)14-22(36(18)16-19-10-8-7-9-11-19)21-15-23(29(4,5)39)33-26(32-21)30(6)12-13-30/h14-15,19,39H,7-13,16-17H2,1-6H3,(H,31,37)(H,34,35,38). The zero-order chi connectivity index (χ0) is 28.9. The highest BCUT2D eigenvalue weighted by atomic mass is 16.5. The van der Waals surface area contributed by atoms with E-state index in [2.05, 4.69) is 31.5 Å². The van der Waals surface area contributed by atoms with E-state index in [-0.39, 0.29) is 17.9 Å². The SMILES string of the molecule is Cc1c(C(=O)NCC(C)(C)c2noc(=O)[nH]2)cc(-c2cc(C(C)(C)O)nc(C3(C)CC3)n2)n1CC1CCCCC1. The number of carbonyl (C=O) groups excluding carboxylic acids is 1. The van der Waals surface area contributed by atoms with E-state index < -0.39 is 16.8 Å². The summed E-state index contributed by atoms with van der Waals surface area (Å²) in [4.78, 5) is 37.4. The highest BCUT2D eigenvalue weighted by Crippen LogP contribution is 2.47. The summed E-state index contributed by atoms with van der Waals surface area (Å²) in [5.41, 5.74) is 1.80. The highest BCUT2D eigenvalue weighted by Gasteiger charge is 2.43. The van der Waals surface area contributed by atoms with Crippen LogP contribution in [0.25, 0.3) is 11.4 Å². The maximum absolute atomic E-state index is 13.6. The Morgan fingerprint density at radius 2 is 1.88 bits per heavy atom. The van der Waals surface area contributed by atoms with Crippen LogP contribution in [0.15, 0.2) is 21.5 Å². The summed E-state index contributed by atoms with van der Waals surface area (Å²) in [6.45, 7) is 12.5. The first-order valence-electron chi connectivity index (χ1n) is 14.4. The molecule has 3 N–H and O–H groups in total. The maximum atomic E-state index is 13.6. The van der Waals surface area contributed by atoms with Crippen molar-refractivity contribution in [2.75, 3.05) is 6.54 Å². The number of amides is 1. The Hall–Kier alpha value is -3.27. The summed E-state index contributed by atoms with van der Waals surface area (Å²) in [5.74, 6) is 0.842. The van der Waals surface area contributed by atoms with Gasteiger partial charge in [0.05, 0.1) is 22.6 Å². The number of rotatable bonds is 9. The molecule has 0 unspecified atom stereocenters. The van der Waals surface area contributed by atoms with Crippen molar-refractivity contribution in [2.45, 2.75) is 109 Å². The third-order valence-electron chi connectivity index (χ3n) is 8.70. The molecule has 3 aromatic rings. The summed E-state index contributed by atoms with van der Waals surface area (Å²) in [7, 11) is 0. The largest absolute Gasteiger partial charge is 0.438 e. The highest BCUT2D eigenvalue weighted by molar-refractivity contribution is 5.97. The number of nitrogens with zero attached hydrogens (tertiary/aromatic N) is 4. The predicted molar refractivity (Wildman–Crippen MR) is 151 cm³/mol. The molecule has 0 radical (unpaired) electrons. The van der Waals surface area contributed by atoms with Crippen LogP contribution in [0.1, 0.15) is 113 Å². The van der Waals surface area contributed by atoms with Gasteiger partial charge in [0.15, 0.2) is 5.82 Å². The Bertz CT molecular complexity index is 1420. The second-order valence-electron chi connectivity index (χ2n) is 13.2. The number of hydrogen-bond acceptors (Lipinski definition) is 7. The molecule has 0 aliphatic heterocycles. The van der Waals surface area contributed by atoms with Crippen molar-refractivity contribution in [3.8, 4) is 11.4 Å². The third-order valence-corrected chi connectivity index (χ3v) is 8.70. The molecule has 2 fully saturated rings. The van der Waals surface area contributed by atoms with Crippen LogP contribution < -0.4 is 11.1 Å². The van der Waals surface area contributed by atoms with Gasteiger partial charge in [-0.15, -0.1) is 0 Å². The lowest BCUT2D eigenvalue weighted by Gasteiger charge is -2.25. The second kappa shape index (κ2) is 10.3. The minimum absolute atomic E-state index is 0.0836. The monoisotopic (exact) mass is 550 g/mol. The smallest absolute Gasteiger partial charge is 0.384 e. The van der Waals surface area contributed by atoms with Crippen molar-refractivity contribution in [1.29, 1.82) is 0 Å². The lowest BCUT2D eigenvalue weighted by Crippen LogP contribution is -2.37. The van der Waals surface area contributed by atoms with Gasteiger partial charge in [0.25, 0.3) is 5.91 Å². The molecular weight excluding hydrogens is 508 g/mol. The van der Waals surface area contributed by atoms with Crippen LogP contribution in [0.5, 0.6) is 0 Å². The lowest BCUT2D eigenvalue weighted by atomic mass is 9.89. The predicted octanol–water partition coefficient (Wildman–Crippen LogP) is 4.50. The summed E-state index contributed by atoms with van der Waals surface area (Å²) in [6.07, 6.45) is 8.11. The van der Waals surface area contributed by atoms with E-state index in [0.717, 1.165) is 42.3 Å². The summed E-state index contributed by atoms with van der Waals surface area (Å²) in [6, 6.07) is 3.79. The average molecular weight is 551 g/mol. The fourth-order valence-electron chi connectivity index (χ4n) is 5.53. The molecule has 0 spiro atoms. The van der Waals surface area contributed by atoms with Crippen LogP contribution >= 0.6 is 0 Å². The molecule has 40 heavy (non-hydrogen) atoms. The zero-order valence-corrected chi connectivity index (χ0v) is 24.6. The molecule has 0 atom stereocenters. The van der Waals surface area contributed by atoms with Gasteiger partial charge in [-0.3, -0.25) is 14.3 Å². The van der Waals surface area contributed by atoms with E-state index in [9.17, 15) is 14.7 Å². The average Bonchev–Trinajstić information content (AvgIpc) is 3.36. The molecular formula is C30H42N6O4. The Morgan fingerprint density at radius 3 is 2.48 bits per heavy atom. The lowest BCUT2D eigenvalue weighted by molar-refractivity contribution is 0.0733. The molecule has 0 aromatic carbocycles. The van der Waals surface area contributed by atoms with Crippen LogP contribution in [-0.4, -0.2) is 42.2 Å². The van der Waals surface area contributed by atoms with Gasteiger partial charge in [0.1, 0.15) is 11.4 Å². The molecule has 3 aromatic heterocycles. The van der Waals surface area contributed by atoms with E-state index >= 15 is 0 Å². The van der Waals surface area contributed by atoms with Crippen molar-refractivity contribution in [3.05, 3.63) is 51.3 Å². The molecule has 1 amide bonds. The summed E-state index contributed by atoms with van der Waals surface area (Å²) < 4.78 is 6.90. The van der Waals surface area contributed by atoms with Crippen LogP contribution in [0, 0.1) is 12.8 Å². The molecule has 3 heterocycles. The normalized spacial score (nSPS) is 17.7. The Morgan fingerprint density at radius 1 is 1.18 bits per heavy atom. The van der Waals surface area contributed by atoms with E-state index in [0.29, 0.717) is 23.0 Å². The van der Waals surface area contributed by atoms with Gasteiger partial charge in [-0.2, -0.15) is 0 Å². The first-order valence-corrected chi connectivity index (χ1v) is 14.4. The van der Waals surface area contributed by atoms with Crippen molar-refractivity contribution in [1.82, 2.24) is 30.0 Å². The number of aromatic amines is 1. The number of hydrogen-bond donors (Lipinski definition) is 3. The third kappa shape index (κ3) is 5.77. The fraction of sp³-hybridized carbons (Fsp3) is 0.633. The number of nitrogens with one attached hydrogen (secondary N) is 2. The number of aromatic nitrogens is 5. The minimum atomic E-state index is -1.12. The van der Waals surface area contributed by atoms with Gasteiger partial charge < -0.3 is 15.0 Å². The van der Waals surface area contributed by atoms with E-state index in [1.165, 1.54) is 32.1 Å². The van der Waals surface area contributed by atoms with Crippen LogP contribution in [0.2, 0.25) is 0 Å². The van der Waals surface area contributed by atoms with Crippen LogP contribution in [0.3, 0.4) is 0 Å². The molecule has 0 saturated heterocycles. The van der Waals surface area contributed by atoms with E-state index in [4.69, 9.17) is 9.97 Å². The molecule has 10 heteroatoms. The number of carbonyl (C=O) groups is 1. The number of H-pyrrole nitrogens is 1. The van der Waals surface area contributed by atoms with Gasteiger partial charge in [-0.25, -0.2) is 14.8 Å². The Balaban J connectivity index is 1.52. The maximum Gasteiger partial charge on any atom is 0.438 e. The summed E-state index contributed by atoms with van der Waals surface area (Å²) >= 11 is 0. The van der Waals surface area contributed by atoms with Gasteiger partial charge >= 0.3 is 5.76 Å². The number of aliphatic hydroxyl groups is 1. The van der Waals surface area contributed by atoms with E-state index in [1.807, 2.05) is 32.9 Å². The van der Waals surface area contributed by atoms with Crippen molar-refractivity contribution in [2.24, 2.45) is 5.92 Å². The van der Waals surface area contributed by atoms with Gasteiger partial charge in [-0.05, 0) is 64.5 Å². The Labute approximate surface area is 235 Å². The van der Waals surface area contributed by atoms with Gasteiger partial charge in [0.2, 0.25) is 0 Å². The topological polar surface area (TPSA) is 139 Å². The molecule has 2 aliphatic rings. The first-order chi connectivity index (χ1) is 18.8. The first kappa shape index (κ1) is 28.3. The minimum Gasteiger partial charge on any atom is -0.384 e. The van der Waals surface area contributed by atoms with Crippen molar-refractivity contribution >= 4 is 5.91 Å². The van der Waals surface area contributed by atoms with Crippen LogP contribution in [-0.2, 0) is 23.0 Å². The zero-order valence-electron chi connectivity index (χ0n) is 24.6. The van der Waals surface area contributed by atoms with E-state index in [1.54, 1.807) is 13.8 Å². The van der Waals surface area contributed by atoms with Crippen molar-refractivity contribution < 1.29 is 14.4 Å². The molecule has 0 bridgehead atoms. The molecule has 5 rings (SSSR count). The molecule has 2 saturated carbocycles. The van der Waals surface area contributed by atoms with Gasteiger partial charge in [0, 0.05) is 29.6 Å².